The number of carboxylic acid groups (broad SMARTS) is 1. The van der Waals surface area contributed by atoms with Crippen molar-refractivity contribution in [1.29, 1.82) is 0 Å². The predicted molar refractivity (Wildman–Crippen MR) is 86.7 cm³/mol. The minimum absolute atomic E-state index is 0.190. The molecule has 0 aliphatic heterocycles. The van der Waals surface area contributed by atoms with Crippen molar-refractivity contribution >= 4 is 11.9 Å². The molecule has 1 aliphatic carbocycles. The molecule has 1 N–H and O–H groups in total. The summed E-state index contributed by atoms with van der Waals surface area (Å²) in [6.07, 6.45) is 3.50. The van der Waals surface area contributed by atoms with Gasteiger partial charge in [0.15, 0.2) is 11.5 Å². The van der Waals surface area contributed by atoms with Crippen LogP contribution >= 0.6 is 0 Å². The minimum Gasteiger partial charge on any atom is -0.550 e. The monoisotopic (exact) mass is 334 g/mol. The maximum Gasteiger partial charge on any atom is 0.223 e. The van der Waals surface area contributed by atoms with Gasteiger partial charge in [0, 0.05) is 24.3 Å². The predicted octanol–water partition coefficient (Wildman–Crippen LogP) is 0.919. The van der Waals surface area contributed by atoms with E-state index in [9.17, 15) is 14.7 Å². The van der Waals surface area contributed by atoms with Crippen molar-refractivity contribution in [2.24, 2.45) is 11.8 Å². The molecule has 6 nitrogen and oxygen atoms in total. The summed E-state index contributed by atoms with van der Waals surface area (Å²) >= 11 is 0. The number of rotatable bonds is 7. The standard InChI is InChI=1S/C18H25NO5/c1-23-15-8-7-12(11-16(15)24-2)9-10-19-17(20)13-5-3-4-6-14(13)18(21)22/h7-8,11,13-14H,3-6,9-10H2,1-2H3,(H,19,20)(H,21,22)/p-1/t13-,14-/m1/s1. The van der Waals surface area contributed by atoms with E-state index in [0.717, 1.165) is 18.4 Å². The molecule has 1 aromatic rings. The second kappa shape index (κ2) is 8.57. The third kappa shape index (κ3) is 4.40. The Labute approximate surface area is 142 Å². The van der Waals surface area contributed by atoms with Gasteiger partial charge in [0.2, 0.25) is 5.91 Å². The van der Waals surface area contributed by atoms with Gasteiger partial charge in [-0.25, -0.2) is 0 Å². The Hall–Kier alpha value is -2.24. The lowest BCUT2D eigenvalue weighted by molar-refractivity contribution is -0.314. The molecule has 0 spiro atoms. The Morgan fingerprint density at radius 2 is 1.79 bits per heavy atom. The topological polar surface area (TPSA) is 87.7 Å². The molecule has 6 heteroatoms. The summed E-state index contributed by atoms with van der Waals surface area (Å²) in [4.78, 5) is 23.5. The molecule has 132 valence electrons. The number of carbonyl (C=O) groups is 2. The molecule has 0 radical (unpaired) electrons. The van der Waals surface area contributed by atoms with Crippen molar-refractivity contribution < 1.29 is 24.2 Å². The summed E-state index contributed by atoms with van der Waals surface area (Å²) < 4.78 is 10.4. The van der Waals surface area contributed by atoms with Gasteiger partial charge in [-0.3, -0.25) is 4.79 Å². The molecular weight excluding hydrogens is 310 g/mol. The van der Waals surface area contributed by atoms with Gasteiger partial charge in [0.25, 0.3) is 0 Å². The Bertz CT molecular complexity index is 587. The van der Waals surface area contributed by atoms with E-state index in [1.165, 1.54) is 0 Å². The average molecular weight is 334 g/mol. The van der Waals surface area contributed by atoms with Crippen LogP contribution in [-0.4, -0.2) is 32.6 Å². The largest absolute Gasteiger partial charge is 0.550 e. The van der Waals surface area contributed by atoms with Crippen LogP contribution in [0.4, 0.5) is 0 Å². The zero-order valence-electron chi connectivity index (χ0n) is 14.2. The van der Waals surface area contributed by atoms with E-state index in [1.807, 2.05) is 18.2 Å². The summed E-state index contributed by atoms with van der Waals surface area (Å²) in [5, 5.41) is 14.0. The molecule has 1 fully saturated rings. The van der Waals surface area contributed by atoms with Gasteiger partial charge >= 0.3 is 0 Å². The summed E-state index contributed by atoms with van der Waals surface area (Å²) in [5.41, 5.74) is 1.01. The zero-order chi connectivity index (χ0) is 17.5. The van der Waals surface area contributed by atoms with Gasteiger partial charge < -0.3 is 24.7 Å². The smallest absolute Gasteiger partial charge is 0.223 e. The fourth-order valence-corrected chi connectivity index (χ4v) is 3.22. The lowest BCUT2D eigenvalue weighted by Crippen LogP contribution is -2.44. The first-order chi connectivity index (χ1) is 11.6. The molecule has 0 unspecified atom stereocenters. The number of ether oxygens (including phenoxy) is 2. The molecule has 0 saturated heterocycles. The number of benzene rings is 1. The van der Waals surface area contributed by atoms with Gasteiger partial charge in [-0.05, 0) is 37.0 Å². The SMILES string of the molecule is COc1ccc(CCNC(=O)[C@@H]2CCCC[C@H]2C(=O)[O-])cc1OC. The van der Waals surface area contributed by atoms with Gasteiger partial charge in [0.1, 0.15) is 0 Å². The number of carboxylic acids is 1. The average Bonchev–Trinajstić information content (AvgIpc) is 2.61. The Balaban J connectivity index is 1.89. The second-order valence-electron chi connectivity index (χ2n) is 6.05. The number of hydrogen-bond donors (Lipinski definition) is 1. The van der Waals surface area contributed by atoms with Crippen LogP contribution in [0.25, 0.3) is 0 Å². The van der Waals surface area contributed by atoms with Crippen molar-refractivity contribution in [3.63, 3.8) is 0 Å². The Morgan fingerprint density at radius 1 is 1.12 bits per heavy atom. The highest BCUT2D eigenvalue weighted by molar-refractivity contribution is 5.84. The highest BCUT2D eigenvalue weighted by Crippen LogP contribution is 2.30. The van der Waals surface area contributed by atoms with E-state index in [4.69, 9.17) is 9.47 Å². The first-order valence-electron chi connectivity index (χ1n) is 8.26. The zero-order valence-corrected chi connectivity index (χ0v) is 14.2. The van der Waals surface area contributed by atoms with Crippen molar-refractivity contribution in [1.82, 2.24) is 5.32 Å². The minimum atomic E-state index is -1.12. The number of amides is 1. The lowest BCUT2D eigenvalue weighted by Gasteiger charge is -2.31. The molecular formula is C18H24NO5-. The molecule has 1 amide bonds. The number of methoxy groups -OCH3 is 2. The molecule has 1 aliphatic rings. The fourth-order valence-electron chi connectivity index (χ4n) is 3.22. The van der Waals surface area contributed by atoms with Crippen molar-refractivity contribution in [2.75, 3.05) is 20.8 Å². The highest BCUT2D eigenvalue weighted by Gasteiger charge is 2.31. The van der Waals surface area contributed by atoms with Crippen LogP contribution in [0, 0.1) is 11.8 Å². The molecule has 0 bridgehead atoms. The van der Waals surface area contributed by atoms with E-state index in [1.54, 1.807) is 14.2 Å². The highest BCUT2D eigenvalue weighted by atomic mass is 16.5. The summed E-state index contributed by atoms with van der Waals surface area (Å²) in [5.74, 6) is -1.15. The van der Waals surface area contributed by atoms with Crippen molar-refractivity contribution in [3.05, 3.63) is 23.8 Å². The summed E-state index contributed by atoms with van der Waals surface area (Å²) in [7, 11) is 3.15. The number of nitrogens with one attached hydrogen (secondary N) is 1. The first-order valence-corrected chi connectivity index (χ1v) is 8.26. The molecule has 0 aromatic heterocycles. The number of aliphatic carboxylic acids is 1. The second-order valence-corrected chi connectivity index (χ2v) is 6.05. The normalized spacial score (nSPS) is 20.2. The summed E-state index contributed by atoms with van der Waals surface area (Å²) in [6, 6.07) is 5.61. The van der Waals surface area contributed by atoms with Gasteiger partial charge in [-0.2, -0.15) is 0 Å². The van der Waals surface area contributed by atoms with Crippen LogP contribution in [-0.2, 0) is 16.0 Å². The quantitative estimate of drug-likeness (QED) is 0.801. The van der Waals surface area contributed by atoms with Crippen molar-refractivity contribution in [3.8, 4) is 11.5 Å². The van der Waals surface area contributed by atoms with E-state index < -0.39 is 17.8 Å². The van der Waals surface area contributed by atoms with E-state index in [0.29, 0.717) is 37.3 Å². The Morgan fingerprint density at radius 3 is 2.42 bits per heavy atom. The lowest BCUT2D eigenvalue weighted by atomic mass is 9.78. The van der Waals surface area contributed by atoms with Crippen LogP contribution in [0.3, 0.4) is 0 Å². The third-order valence-electron chi connectivity index (χ3n) is 4.57. The van der Waals surface area contributed by atoms with Crippen LogP contribution in [0.2, 0.25) is 0 Å². The molecule has 2 rings (SSSR count). The third-order valence-corrected chi connectivity index (χ3v) is 4.57. The van der Waals surface area contributed by atoms with Gasteiger partial charge in [0.05, 0.1) is 14.2 Å². The molecule has 1 aromatic carbocycles. The first kappa shape index (κ1) is 18.1. The number of hydrogen-bond acceptors (Lipinski definition) is 5. The summed E-state index contributed by atoms with van der Waals surface area (Å²) in [6.45, 7) is 0.449. The van der Waals surface area contributed by atoms with Gasteiger partial charge in [-0.15, -0.1) is 0 Å². The fraction of sp³-hybridized carbons (Fsp3) is 0.556. The molecule has 0 heterocycles. The molecule has 2 atom stereocenters. The molecule has 1 saturated carbocycles. The Kier molecular flexibility index (Phi) is 6.46. The molecule has 24 heavy (non-hydrogen) atoms. The van der Waals surface area contributed by atoms with Crippen LogP contribution in [0.5, 0.6) is 11.5 Å². The van der Waals surface area contributed by atoms with Crippen LogP contribution < -0.4 is 19.9 Å². The van der Waals surface area contributed by atoms with Crippen LogP contribution in [0.1, 0.15) is 31.2 Å². The van der Waals surface area contributed by atoms with Crippen molar-refractivity contribution in [2.45, 2.75) is 32.1 Å². The van der Waals surface area contributed by atoms with E-state index >= 15 is 0 Å². The maximum absolute atomic E-state index is 12.3. The van der Waals surface area contributed by atoms with E-state index in [2.05, 4.69) is 5.32 Å². The van der Waals surface area contributed by atoms with Crippen LogP contribution in [0.15, 0.2) is 18.2 Å². The van der Waals surface area contributed by atoms with Gasteiger partial charge in [-0.1, -0.05) is 18.9 Å². The van der Waals surface area contributed by atoms with E-state index in [-0.39, 0.29) is 5.91 Å². The number of carbonyl (C=O) groups excluding carboxylic acids is 2. The maximum atomic E-state index is 12.3.